The molecule has 0 aliphatic carbocycles. The van der Waals surface area contributed by atoms with Crippen LogP contribution in [0.1, 0.15) is 22.3 Å². The first-order valence-corrected chi connectivity index (χ1v) is 7.42. The number of carbonyl (C=O) groups excluding carboxylic acids is 1. The van der Waals surface area contributed by atoms with Crippen LogP contribution in [0.25, 0.3) is 0 Å². The topological polar surface area (TPSA) is 77.1 Å². The van der Waals surface area contributed by atoms with Crippen LogP contribution in [-0.4, -0.2) is 24.5 Å². The van der Waals surface area contributed by atoms with E-state index in [4.69, 9.17) is 15.3 Å². The number of hydrogen-bond donors (Lipinski definition) is 0. The molecule has 0 saturated heterocycles. The van der Waals surface area contributed by atoms with E-state index in [1.165, 1.54) is 7.11 Å². The fourth-order valence-corrected chi connectivity index (χ4v) is 2.41. The summed E-state index contributed by atoms with van der Waals surface area (Å²) in [5.74, 6) is -0.331. The number of hydrogen-bond acceptors (Lipinski definition) is 5. The van der Waals surface area contributed by atoms with E-state index >= 15 is 0 Å². The number of esters is 1. The van der Waals surface area contributed by atoms with Crippen LogP contribution < -0.4 is 0 Å². The molecule has 24 heavy (non-hydrogen) atoms. The molecule has 120 valence electrons. The van der Waals surface area contributed by atoms with Gasteiger partial charge in [0.05, 0.1) is 36.9 Å². The first-order chi connectivity index (χ1) is 11.6. The quantitative estimate of drug-likeness (QED) is 0.765. The van der Waals surface area contributed by atoms with Gasteiger partial charge < -0.3 is 4.74 Å². The van der Waals surface area contributed by atoms with Gasteiger partial charge in [0.1, 0.15) is 0 Å². The fourth-order valence-electron chi connectivity index (χ4n) is 2.41. The van der Waals surface area contributed by atoms with Crippen molar-refractivity contribution in [1.29, 1.82) is 10.5 Å². The molecule has 2 rings (SSSR count). The molecule has 2 aromatic carbocycles. The fraction of sp³-hybridized carbons (Fsp3) is 0.211. The summed E-state index contributed by atoms with van der Waals surface area (Å²) in [5, 5.41) is 18.0. The van der Waals surface area contributed by atoms with Gasteiger partial charge in [-0.1, -0.05) is 24.3 Å². The Bertz CT molecular complexity index is 743. The maximum atomic E-state index is 11.7. The highest BCUT2D eigenvalue weighted by atomic mass is 16.5. The molecule has 0 saturated carbocycles. The van der Waals surface area contributed by atoms with Crippen LogP contribution in [-0.2, 0) is 22.6 Å². The minimum atomic E-state index is -0.331. The Morgan fingerprint density at radius 3 is 1.92 bits per heavy atom. The van der Waals surface area contributed by atoms with Crippen LogP contribution in [0.5, 0.6) is 0 Å². The van der Waals surface area contributed by atoms with E-state index in [9.17, 15) is 4.79 Å². The average Bonchev–Trinajstić information content (AvgIpc) is 2.61. The van der Waals surface area contributed by atoms with Gasteiger partial charge in [0.25, 0.3) is 0 Å². The minimum Gasteiger partial charge on any atom is -0.468 e. The molecule has 0 heterocycles. The maximum absolute atomic E-state index is 11.7. The third-order valence-corrected chi connectivity index (χ3v) is 3.50. The molecule has 2 aromatic rings. The summed E-state index contributed by atoms with van der Waals surface area (Å²) in [6.07, 6.45) is 0. The SMILES string of the molecule is COC(=O)CN(Cc1cccc(C#N)c1)Cc1cccc(C#N)c1. The third-order valence-electron chi connectivity index (χ3n) is 3.50. The molecule has 5 nitrogen and oxygen atoms in total. The minimum absolute atomic E-state index is 0.129. The predicted octanol–water partition coefficient (Wildman–Crippen LogP) is 2.61. The Balaban J connectivity index is 2.19. The molecule has 5 heteroatoms. The van der Waals surface area contributed by atoms with E-state index in [0.29, 0.717) is 24.2 Å². The second-order valence-electron chi connectivity index (χ2n) is 5.35. The van der Waals surface area contributed by atoms with Crippen molar-refractivity contribution in [2.75, 3.05) is 13.7 Å². The number of benzene rings is 2. The van der Waals surface area contributed by atoms with Gasteiger partial charge in [0.15, 0.2) is 0 Å². The van der Waals surface area contributed by atoms with E-state index in [0.717, 1.165) is 11.1 Å². The lowest BCUT2D eigenvalue weighted by atomic mass is 10.1. The number of ether oxygens (including phenoxy) is 1. The van der Waals surface area contributed by atoms with Crippen LogP contribution in [0.4, 0.5) is 0 Å². The standard InChI is InChI=1S/C19H17N3O2/c1-24-19(23)14-22(12-17-6-2-4-15(8-17)10-20)13-18-7-3-5-16(9-18)11-21/h2-9H,12-14H2,1H3. The Kier molecular flexibility index (Phi) is 6.08. The zero-order valence-corrected chi connectivity index (χ0v) is 13.4. The smallest absolute Gasteiger partial charge is 0.319 e. The van der Waals surface area contributed by atoms with E-state index in [-0.39, 0.29) is 12.5 Å². The summed E-state index contributed by atoms with van der Waals surface area (Å²) in [5.41, 5.74) is 3.04. The van der Waals surface area contributed by atoms with Crippen LogP contribution in [0.2, 0.25) is 0 Å². The summed E-state index contributed by atoms with van der Waals surface area (Å²) in [6, 6.07) is 18.8. The zero-order valence-electron chi connectivity index (χ0n) is 13.4. The van der Waals surface area contributed by atoms with Crippen molar-refractivity contribution in [3.8, 4) is 12.1 Å². The summed E-state index contributed by atoms with van der Waals surface area (Å²) in [4.78, 5) is 13.6. The molecule has 0 aliphatic heterocycles. The Hall–Kier alpha value is -3.15. The van der Waals surface area contributed by atoms with Crippen LogP contribution >= 0.6 is 0 Å². The molecule has 0 bridgehead atoms. The summed E-state index contributed by atoms with van der Waals surface area (Å²) >= 11 is 0. The molecule has 0 radical (unpaired) electrons. The third kappa shape index (κ3) is 4.95. The first-order valence-electron chi connectivity index (χ1n) is 7.42. The van der Waals surface area contributed by atoms with Crippen molar-refractivity contribution < 1.29 is 9.53 Å². The average molecular weight is 319 g/mol. The van der Waals surface area contributed by atoms with E-state index in [2.05, 4.69) is 12.1 Å². The number of nitrogens with zero attached hydrogens (tertiary/aromatic N) is 3. The monoisotopic (exact) mass is 319 g/mol. The van der Waals surface area contributed by atoms with E-state index in [1.807, 2.05) is 29.2 Å². The van der Waals surface area contributed by atoms with Crippen LogP contribution in [0, 0.1) is 22.7 Å². The van der Waals surface area contributed by atoms with Gasteiger partial charge in [-0.15, -0.1) is 0 Å². The molecule has 0 aromatic heterocycles. The first kappa shape index (κ1) is 17.2. The van der Waals surface area contributed by atoms with Crippen molar-refractivity contribution in [1.82, 2.24) is 4.90 Å². The largest absolute Gasteiger partial charge is 0.468 e. The van der Waals surface area contributed by atoms with Gasteiger partial charge in [-0.05, 0) is 35.4 Å². The van der Waals surface area contributed by atoms with Gasteiger partial charge in [-0.25, -0.2) is 0 Å². The van der Waals surface area contributed by atoms with E-state index in [1.54, 1.807) is 24.3 Å². The molecule has 0 unspecified atom stereocenters. The molecule has 0 amide bonds. The molecule has 0 N–H and O–H groups in total. The number of methoxy groups -OCH3 is 1. The zero-order chi connectivity index (χ0) is 17.4. The van der Waals surface area contributed by atoms with Gasteiger partial charge in [0, 0.05) is 13.1 Å². The molecule has 0 atom stereocenters. The summed E-state index contributed by atoms with van der Waals surface area (Å²) in [6.45, 7) is 1.13. The molecular weight excluding hydrogens is 302 g/mol. The molecule has 0 spiro atoms. The highest BCUT2D eigenvalue weighted by molar-refractivity contribution is 5.71. The lowest BCUT2D eigenvalue weighted by Crippen LogP contribution is -2.29. The van der Waals surface area contributed by atoms with Crippen molar-refractivity contribution in [2.45, 2.75) is 13.1 Å². The van der Waals surface area contributed by atoms with Crippen molar-refractivity contribution in [3.63, 3.8) is 0 Å². The Labute approximate surface area is 141 Å². The second kappa shape index (κ2) is 8.47. The summed E-state index contributed by atoms with van der Waals surface area (Å²) < 4.78 is 4.76. The predicted molar refractivity (Wildman–Crippen MR) is 88.4 cm³/mol. The lowest BCUT2D eigenvalue weighted by molar-refractivity contribution is -0.142. The van der Waals surface area contributed by atoms with Crippen molar-refractivity contribution in [2.24, 2.45) is 0 Å². The van der Waals surface area contributed by atoms with Crippen LogP contribution in [0.15, 0.2) is 48.5 Å². The molecule has 0 aliphatic rings. The van der Waals surface area contributed by atoms with Gasteiger partial charge in [0.2, 0.25) is 0 Å². The van der Waals surface area contributed by atoms with Gasteiger partial charge in [-0.3, -0.25) is 9.69 Å². The Morgan fingerprint density at radius 1 is 1.00 bits per heavy atom. The van der Waals surface area contributed by atoms with Crippen molar-refractivity contribution >= 4 is 5.97 Å². The highest BCUT2D eigenvalue weighted by Crippen LogP contribution is 2.13. The number of nitriles is 2. The number of carbonyl (C=O) groups is 1. The van der Waals surface area contributed by atoms with Crippen molar-refractivity contribution in [3.05, 3.63) is 70.8 Å². The maximum Gasteiger partial charge on any atom is 0.319 e. The Morgan fingerprint density at radius 2 is 1.50 bits per heavy atom. The molecule has 0 fully saturated rings. The summed E-state index contributed by atoms with van der Waals surface area (Å²) in [7, 11) is 1.35. The van der Waals surface area contributed by atoms with Gasteiger partial charge >= 0.3 is 5.97 Å². The second-order valence-corrected chi connectivity index (χ2v) is 5.35. The van der Waals surface area contributed by atoms with Crippen LogP contribution in [0.3, 0.4) is 0 Å². The van der Waals surface area contributed by atoms with Gasteiger partial charge in [-0.2, -0.15) is 10.5 Å². The normalized spacial score (nSPS) is 10.0. The molecular formula is C19H17N3O2. The lowest BCUT2D eigenvalue weighted by Gasteiger charge is -2.21. The highest BCUT2D eigenvalue weighted by Gasteiger charge is 2.13. The number of rotatable bonds is 6. The van der Waals surface area contributed by atoms with E-state index < -0.39 is 0 Å².